The molecule has 1 fully saturated rings. The summed E-state index contributed by atoms with van der Waals surface area (Å²) in [6.07, 6.45) is 10.1. The average Bonchev–Trinajstić information content (AvgIpc) is 3.33. The summed E-state index contributed by atoms with van der Waals surface area (Å²) in [5.74, 6) is 0.780. The van der Waals surface area contributed by atoms with Gasteiger partial charge in [-0.15, -0.1) is 11.3 Å². The molecule has 3 aromatic rings. The van der Waals surface area contributed by atoms with E-state index in [0.717, 1.165) is 34.8 Å². The van der Waals surface area contributed by atoms with E-state index in [4.69, 9.17) is 0 Å². The van der Waals surface area contributed by atoms with Crippen molar-refractivity contribution in [1.82, 2.24) is 19.9 Å². The van der Waals surface area contributed by atoms with Crippen LogP contribution in [0.4, 0.5) is 5.13 Å². The third-order valence-electron chi connectivity index (χ3n) is 4.60. The second-order valence-electron chi connectivity index (χ2n) is 6.24. The minimum Gasteiger partial charge on any atom is -0.346 e. The quantitative estimate of drug-likeness (QED) is 0.726. The summed E-state index contributed by atoms with van der Waals surface area (Å²) >= 11 is 1.43. The molecule has 7 heteroatoms. The maximum absolute atomic E-state index is 12.1. The van der Waals surface area contributed by atoms with Gasteiger partial charge in [-0.3, -0.25) is 4.79 Å². The zero-order valence-electron chi connectivity index (χ0n) is 13.3. The summed E-state index contributed by atoms with van der Waals surface area (Å²) in [5, 5.41) is 6.39. The highest BCUT2D eigenvalue weighted by Crippen LogP contribution is 2.30. The zero-order valence-corrected chi connectivity index (χ0v) is 14.1. The molecule has 1 aliphatic carbocycles. The summed E-state index contributed by atoms with van der Waals surface area (Å²) in [7, 11) is 0. The Labute approximate surface area is 145 Å². The molecule has 3 heterocycles. The number of aromatic nitrogens is 4. The zero-order chi connectivity index (χ0) is 16.4. The van der Waals surface area contributed by atoms with Gasteiger partial charge in [-0.25, -0.2) is 15.0 Å². The van der Waals surface area contributed by atoms with Crippen LogP contribution >= 0.6 is 11.3 Å². The van der Waals surface area contributed by atoms with E-state index in [9.17, 15) is 4.79 Å². The minimum absolute atomic E-state index is 0. The molecule has 1 saturated carbocycles. The van der Waals surface area contributed by atoms with E-state index in [0.29, 0.717) is 11.6 Å². The number of carbonyl (C=O) groups is 1. The number of fused-ring (bicyclic) bond motifs is 1. The molecule has 0 bridgehead atoms. The Morgan fingerprint density at radius 2 is 2.25 bits per heavy atom. The van der Waals surface area contributed by atoms with E-state index < -0.39 is 0 Å². The van der Waals surface area contributed by atoms with Crippen LogP contribution in [0.15, 0.2) is 24.0 Å². The summed E-state index contributed by atoms with van der Waals surface area (Å²) in [4.78, 5) is 28.2. The molecule has 0 spiro atoms. The van der Waals surface area contributed by atoms with Gasteiger partial charge in [0.05, 0.1) is 0 Å². The van der Waals surface area contributed by atoms with Gasteiger partial charge >= 0.3 is 0 Å². The number of hydrogen-bond acceptors (Lipinski definition) is 5. The number of nitrogens with one attached hydrogen (secondary N) is 2. The van der Waals surface area contributed by atoms with Crippen LogP contribution in [0.3, 0.4) is 0 Å². The van der Waals surface area contributed by atoms with Crippen molar-refractivity contribution >= 4 is 33.4 Å². The average molecular weight is 343 g/mol. The Morgan fingerprint density at radius 1 is 1.38 bits per heavy atom. The predicted octanol–water partition coefficient (Wildman–Crippen LogP) is 4.24. The fourth-order valence-corrected chi connectivity index (χ4v) is 4.04. The smallest absolute Gasteiger partial charge is 0.226 e. The molecule has 0 unspecified atom stereocenters. The van der Waals surface area contributed by atoms with Crippen LogP contribution in [-0.2, 0) is 4.79 Å². The molecule has 3 aromatic heterocycles. The normalized spacial score (nSPS) is 15.2. The van der Waals surface area contributed by atoms with Gasteiger partial charge in [0.15, 0.2) is 5.13 Å². The van der Waals surface area contributed by atoms with E-state index in [-0.39, 0.29) is 7.33 Å². The van der Waals surface area contributed by atoms with Crippen LogP contribution in [0, 0.1) is 5.92 Å². The Bertz CT molecular complexity index is 855. The molecule has 2 N–H and O–H groups in total. The molecule has 0 saturated heterocycles. The van der Waals surface area contributed by atoms with Crippen LogP contribution < -0.4 is 5.32 Å². The number of H-pyrrole nitrogens is 1. The van der Waals surface area contributed by atoms with E-state index in [1.54, 1.807) is 0 Å². The van der Waals surface area contributed by atoms with Crippen LogP contribution in [0.2, 0.25) is 0 Å². The first kappa shape index (κ1) is 15.3. The highest BCUT2D eigenvalue weighted by molar-refractivity contribution is 7.14. The minimum atomic E-state index is 0. The van der Waals surface area contributed by atoms with E-state index in [1.807, 2.05) is 17.6 Å². The first-order valence-electron chi connectivity index (χ1n) is 8.33. The van der Waals surface area contributed by atoms with Gasteiger partial charge in [0.25, 0.3) is 0 Å². The monoisotopic (exact) mass is 343 g/mol. The van der Waals surface area contributed by atoms with Crippen LogP contribution in [-0.4, -0.2) is 25.8 Å². The Balaban J connectivity index is 0.00000182. The standard InChI is InChI=1S/C17H19N5OS.H2/c23-14(6-5-11-3-1-2-4-11)22-17-21-13(9-24-17)15-12-7-8-18-16(12)20-10-19-15;/h7-11H,1-6H2,(H,18,19,20)(H,21,22,23);1H. The maximum atomic E-state index is 12.1. The van der Waals surface area contributed by atoms with Crippen molar-refractivity contribution in [3.8, 4) is 11.4 Å². The van der Waals surface area contributed by atoms with Crippen molar-refractivity contribution in [2.45, 2.75) is 38.5 Å². The third-order valence-corrected chi connectivity index (χ3v) is 5.36. The van der Waals surface area contributed by atoms with Crippen LogP contribution in [0.5, 0.6) is 0 Å². The number of carbonyl (C=O) groups excluding carboxylic acids is 1. The molecular formula is C17H21N5OS. The maximum Gasteiger partial charge on any atom is 0.226 e. The van der Waals surface area contributed by atoms with Crippen molar-refractivity contribution in [2.24, 2.45) is 5.92 Å². The third kappa shape index (κ3) is 3.17. The van der Waals surface area contributed by atoms with E-state index >= 15 is 0 Å². The lowest BCUT2D eigenvalue weighted by Gasteiger charge is -2.07. The van der Waals surface area contributed by atoms with Gasteiger partial charge in [-0.05, 0) is 18.4 Å². The largest absolute Gasteiger partial charge is 0.346 e. The fraction of sp³-hybridized carbons (Fsp3) is 0.412. The van der Waals surface area contributed by atoms with Gasteiger partial charge in [-0.2, -0.15) is 0 Å². The molecule has 0 aromatic carbocycles. The SMILES string of the molecule is O=C(CCC1CCCC1)Nc1nc(-c2ncnc3[nH]ccc23)cs1.[HH]. The lowest BCUT2D eigenvalue weighted by Crippen LogP contribution is -2.12. The van der Waals surface area contributed by atoms with Crippen molar-refractivity contribution in [2.75, 3.05) is 5.32 Å². The first-order chi connectivity index (χ1) is 11.8. The van der Waals surface area contributed by atoms with Crippen molar-refractivity contribution in [1.29, 1.82) is 0 Å². The highest BCUT2D eigenvalue weighted by atomic mass is 32.1. The van der Waals surface area contributed by atoms with Gasteiger partial charge in [0.2, 0.25) is 5.91 Å². The first-order valence-corrected chi connectivity index (χ1v) is 9.21. The number of aromatic amines is 1. The molecule has 4 rings (SSSR count). The molecule has 1 aliphatic rings. The fourth-order valence-electron chi connectivity index (χ4n) is 3.33. The van der Waals surface area contributed by atoms with E-state index in [1.165, 1.54) is 43.3 Å². The lowest BCUT2D eigenvalue weighted by molar-refractivity contribution is -0.116. The second-order valence-corrected chi connectivity index (χ2v) is 7.10. The van der Waals surface area contributed by atoms with Crippen molar-refractivity contribution < 1.29 is 6.22 Å². The number of hydrogen-bond donors (Lipinski definition) is 2. The molecule has 126 valence electrons. The van der Waals surface area contributed by atoms with Crippen molar-refractivity contribution in [3.63, 3.8) is 0 Å². The van der Waals surface area contributed by atoms with Gasteiger partial charge in [0, 0.05) is 24.8 Å². The summed E-state index contributed by atoms with van der Waals surface area (Å²) in [5.41, 5.74) is 2.33. The Hall–Kier alpha value is -2.28. The number of amides is 1. The molecule has 24 heavy (non-hydrogen) atoms. The topological polar surface area (TPSA) is 83.6 Å². The Morgan fingerprint density at radius 3 is 3.12 bits per heavy atom. The van der Waals surface area contributed by atoms with Crippen LogP contribution in [0.25, 0.3) is 22.4 Å². The van der Waals surface area contributed by atoms with Crippen LogP contribution in [0.1, 0.15) is 40.0 Å². The molecule has 0 aliphatic heterocycles. The van der Waals surface area contributed by atoms with Gasteiger partial charge < -0.3 is 10.3 Å². The van der Waals surface area contributed by atoms with Gasteiger partial charge in [0.1, 0.15) is 23.4 Å². The van der Waals surface area contributed by atoms with E-state index in [2.05, 4.69) is 25.3 Å². The summed E-state index contributed by atoms with van der Waals surface area (Å²) in [6.45, 7) is 0. The number of anilines is 1. The Kier molecular flexibility index (Phi) is 4.25. The molecule has 0 radical (unpaired) electrons. The summed E-state index contributed by atoms with van der Waals surface area (Å²) < 4.78 is 0. The summed E-state index contributed by atoms with van der Waals surface area (Å²) in [6, 6.07) is 1.93. The number of rotatable bonds is 5. The van der Waals surface area contributed by atoms with Gasteiger partial charge in [-0.1, -0.05) is 25.7 Å². The molecule has 1 amide bonds. The predicted molar refractivity (Wildman–Crippen MR) is 96.9 cm³/mol. The molecular weight excluding hydrogens is 322 g/mol. The lowest BCUT2D eigenvalue weighted by atomic mass is 10.0. The second kappa shape index (κ2) is 6.68. The number of thiazole rings is 1. The number of nitrogens with zero attached hydrogens (tertiary/aromatic N) is 3. The highest BCUT2D eigenvalue weighted by Gasteiger charge is 2.17. The van der Waals surface area contributed by atoms with Crippen molar-refractivity contribution in [3.05, 3.63) is 24.0 Å². The molecule has 0 atom stereocenters. The molecule has 6 nitrogen and oxygen atoms in total.